The Kier molecular flexibility index (Phi) is 4.33. The summed E-state index contributed by atoms with van der Waals surface area (Å²) in [5.74, 6) is 0.705. The summed E-state index contributed by atoms with van der Waals surface area (Å²) in [4.78, 5) is 4.08. The summed E-state index contributed by atoms with van der Waals surface area (Å²) in [7, 11) is 1.55. The second-order valence-electron chi connectivity index (χ2n) is 3.42. The minimum absolute atomic E-state index is 0.307. The van der Waals surface area contributed by atoms with E-state index in [-0.39, 0.29) is 0 Å². The van der Waals surface area contributed by atoms with Gasteiger partial charge < -0.3 is 20.9 Å². The molecule has 0 bridgehead atoms. The van der Waals surface area contributed by atoms with Crippen LogP contribution in [-0.2, 0) is 4.74 Å². The molecule has 0 spiro atoms. The van der Waals surface area contributed by atoms with Crippen molar-refractivity contribution >= 4 is 11.5 Å². The van der Waals surface area contributed by atoms with Gasteiger partial charge in [-0.2, -0.15) is 0 Å². The Morgan fingerprint density at radius 3 is 3.00 bits per heavy atom. The first-order valence-electron chi connectivity index (χ1n) is 4.76. The molecule has 1 unspecified atom stereocenters. The van der Waals surface area contributed by atoms with Gasteiger partial charge in [0.05, 0.1) is 24.6 Å². The second-order valence-corrected chi connectivity index (χ2v) is 3.42. The number of anilines is 2. The molecule has 0 aliphatic rings. The van der Waals surface area contributed by atoms with Crippen molar-refractivity contribution < 1.29 is 9.84 Å². The molecule has 1 rings (SSSR count). The topological polar surface area (TPSA) is 80.4 Å². The van der Waals surface area contributed by atoms with Crippen LogP contribution in [0.15, 0.2) is 12.3 Å². The van der Waals surface area contributed by atoms with Crippen molar-refractivity contribution in [3.8, 4) is 0 Å². The molecule has 15 heavy (non-hydrogen) atoms. The van der Waals surface area contributed by atoms with Gasteiger partial charge in [0.1, 0.15) is 5.82 Å². The van der Waals surface area contributed by atoms with Crippen LogP contribution in [0.2, 0.25) is 0 Å². The zero-order valence-corrected chi connectivity index (χ0v) is 9.03. The summed E-state index contributed by atoms with van der Waals surface area (Å²) in [5.41, 5.74) is 7.26. The van der Waals surface area contributed by atoms with E-state index in [1.807, 2.05) is 13.0 Å². The Morgan fingerprint density at radius 1 is 1.67 bits per heavy atom. The molecule has 5 nitrogen and oxygen atoms in total. The number of nitrogens with two attached hydrogens (primary N) is 1. The number of nitrogens with one attached hydrogen (secondary N) is 1. The minimum Gasteiger partial charge on any atom is -0.397 e. The van der Waals surface area contributed by atoms with E-state index in [2.05, 4.69) is 10.3 Å². The highest BCUT2D eigenvalue weighted by molar-refractivity contribution is 5.50. The lowest BCUT2D eigenvalue weighted by atomic mass is 10.2. The Balaban J connectivity index is 2.47. The molecule has 4 N–H and O–H groups in total. The fraction of sp³-hybridized carbons (Fsp3) is 0.500. The lowest BCUT2D eigenvalue weighted by molar-refractivity contribution is 0.0727. The molecule has 0 amide bonds. The number of hydrogen-bond acceptors (Lipinski definition) is 5. The number of aliphatic hydroxyl groups excluding tert-OH is 1. The van der Waals surface area contributed by atoms with Gasteiger partial charge in [-0.3, -0.25) is 0 Å². The maximum Gasteiger partial charge on any atom is 0.126 e. The molecule has 0 saturated carbocycles. The van der Waals surface area contributed by atoms with Crippen LogP contribution in [0.5, 0.6) is 0 Å². The van der Waals surface area contributed by atoms with Crippen molar-refractivity contribution in [2.75, 3.05) is 31.3 Å². The fourth-order valence-electron chi connectivity index (χ4n) is 1.14. The molecule has 0 saturated heterocycles. The van der Waals surface area contributed by atoms with E-state index in [4.69, 9.17) is 10.5 Å². The number of nitrogens with zero attached hydrogens (tertiary/aromatic N) is 1. The Hall–Kier alpha value is -1.33. The van der Waals surface area contributed by atoms with Gasteiger partial charge in [0.25, 0.3) is 0 Å². The molecule has 0 fully saturated rings. The molecular weight excluding hydrogens is 194 g/mol. The largest absolute Gasteiger partial charge is 0.397 e. The predicted molar refractivity (Wildman–Crippen MR) is 59.8 cm³/mol. The predicted octanol–water partition coefficient (Wildman–Crippen LogP) is 0.391. The number of ether oxygens (including phenoxy) is 1. The molecular formula is C10H17N3O2. The van der Waals surface area contributed by atoms with E-state index in [1.54, 1.807) is 13.3 Å². The van der Waals surface area contributed by atoms with Gasteiger partial charge in [0.2, 0.25) is 0 Å². The second kappa shape index (κ2) is 5.53. The third-order valence-corrected chi connectivity index (χ3v) is 2.03. The lowest BCUT2D eigenvalue weighted by Crippen LogP contribution is -2.24. The zero-order valence-electron chi connectivity index (χ0n) is 9.03. The third-order valence-electron chi connectivity index (χ3n) is 2.03. The van der Waals surface area contributed by atoms with Crippen LogP contribution in [0.4, 0.5) is 11.5 Å². The van der Waals surface area contributed by atoms with E-state index >= 15 is 0 Å². The van der Waals surface area contributed by atoms with Crippen molar-refractivity contribution in [1.29, 1.82) is 0 Å². The van der Waals surface area contributed by atoms with Crippen LogP contribution in [0.1, 0.15) is 5.56 Å². The van der Waals surface area contributed by atoms with Gasteiger partial charge in [-0.25, -0.2) is 4.98 Å². The van der Waals surface area contributed by atoms with Crippen LogP contribution < -0.4 is 11.1 Å². The number of hydrogen-bond donors (Lipinski definition) is 3. The molecule has 0 radical (unpaired) electrons. The van der Waals surface area contributed by atoms with Gasteiger partial charge in [-0.1, -0.05) is 0 Å². The van der Waals surface area contributed by atoms with Gasteiger partial charge in [0, 0.05) is 13.7 Å². The van der Waals surface area contributed by atoms with E-state index in [0.29, 0.717) is 24.7 Å². The van der Waals surface area contributed by atoms with Crippen LogP contribution in [0, 0.1) is 6.92 Å². The Labute approximate surface area is 89.3 Å². The summed E-state index contributed by atoms with van der Waals surface area (Å²) >= 11 is 0. The number of methoxy groups -OCH3 is 1. The standard InChI is InChI=1S/C10H17N3O2/c1-7-3-10(13-5-9(7)11)12-4-8(14)6-15-2/h3,5,8,14H,4,6,11H2,1-2H3,(H,12,13). The first-order valence-corrected chi connectivity index (χ1v) is 4.76. The van der Waals surface area contributed by atoms with Gasteiger partial charge in [-0.15, -0.1) is 0 Å². The molecule has 0 aliphatic heterocycles. The monoisotopic (exact) mass is 211 g/mol. The third kappa shape index (κ3) is 3.73. The summed E-state index contributed by atoms with van der Waals surface area (Å²) < 4.78 is 4.80. The molecule has 1 atom stereocenters. The van der Waals surface area contributed by atoms with Crippen LogP contribution in [-0.4, -0.2) is 36.5 Å². The maximum absolute atomic E-state index is 9.39. The highest BCUT2D eigenvalue weighted by atomic mass is 16.5. The Morgan fingerprint density at radius 2 is 2.40 bits per heavy atom. The Bertz CT molecular complexity index is 318. The molecule has 1 aromatic heterocycles. The molecule has 84 valence electrons. The van der Waals surface area contributed by atoms with Gasteiger partial charge >= 0.3 is 0 Å². The van der Waals surface area contributed by atoms with Gasteiger partial charge in [0.15, 0.2) is 0 Å². The lowest BCUT2D eigenvalue weighted by Gasteiger charge is -2.11. The maximum atomic E-state index is 9.39. The minimum atomic E-state index is -0.533. The zero-order chi connectivity index (χ0) is 11.3. The van der Waals surface area contributed by atoms with Crippen molar-refractivity contribution in [1.82, 2.24) is 4.98 Å². The molecule has 5 heteroatoms. The smallest absolute Gasteiger partial charge is 0.126 e. The van der Waals surface area contributed by atoms with E-state index in [9.17, 15) is 5.11 Å². The van der Waals surface area contributed by atoms with E-state index in [0.717, 1.165) is 5.56 Å². The number of aryl methyl sites for hydroxylation is 1. The number of rotatable bonds is 5. The van der Waals surface area contributed by atoms with Crippen LogP contribution >= 0.6 is 0 Å². The summed E-state index contributed by atoms with van der Waals surface area (Å²) in [6.45, 7) is 2.62. The summed E-state index contributed by atoms with van der Waals surface area (Å²) in [6.07, 6.45) is 1.06. The van der Waals surface area contributed by atoms with Crippen LogP contribution in [0.25, 0.3) is 0 Å². The molecule has 1 heterocycles. The SMILES string of the molecule is COCC(O)CNc1cc(C)c(N)cn1. The van der Waals surface area contributed by atoms with Crippen molar-refractivity contribution in [3.63, 3.8) is 0 Å². The molecule has 1 aromatic rings. The van der Waals surface area contributed by atoms with Crippen molar-refractivity contribution in [3.05, 3.63) is 17.8 Å². The molecule has 0 aliphatic carbocycles. The average molecular weight is 211 g/mol. The first-order chi connectivity index (χ1) is 7.13. The van der Waals surface area contributed by atoms with E-state index in [1.165, 1.54) is 0 Å². The summed E-state index contributed by atoms with van der Waals surface area (Å²) in [6, 6.07) is 1.84. The number of aliphatic hydroxyl groups is 1. The summed E-state index contributed by atoms with van der Waals surface area (Å²) in [5, 5.41) is 12.4. The number of pyridine rings is 1. The van der Waals surface area contributed by atoms with Gasteiger partial charge in [-0.05, 0) is 18.6 Å². The molecule has 0 aromatic carbocycles. The highest BCUT2D eigenvalue weighted by Gasteiger charge is 2.03. The van der Waals surface area contributed by atoms with Crippen molar-refractivity contribution in [2.45, 2.75) is 13.0 Å². The highest BCUT2D eigenvalue weighted by Crippen LogP contribution is 2.12. The number of nitrogen functional groups attached to an aromatic ring is 1. The first kappa shape index (κ1) is 11.7. The average Bonchev–Trinajstić information content (AvgIpc) is 2.20. The normalized spacial score (nSPS) is 12.5. The van der Waals surface area contributed by atoms with Crippen molar-refractivity contribution in [2.24, 2.45) is 0 Å². The fourth-order valence-corrected chi connectivity index (χ4v) is 1.14. The van der Waals surface area contributed by atoms with E-state index < -0.39 is 6.10 Å². The van der Waals surface area contributed by atoms with Crippen LogP contribution in [0.3, 0.4) is 0 Å². The quantitative estimate of drug-likeness (QED) is 0.656. The number of aromatic nitrogens is 1.